The number of aryl methyl sites for hydroxylation is 1. The molecular formula is C21H27N5O3. The van der Waals surface area contributed by atoms with Crippen molar-refractivity contribution in [1.29, 1.82) is 0 Å². The second-order valence-corrected chi connectivity index (χ2v) is 7.54. The highest BCUT2D eigenvalue weighted by Crippen LogP contribution is 2.23. The summed E-state index contributed by atoms with van der Waals surface area (Å²) in [6.45, 7) is 4.44. The molecule has 0 bridgehead atoms. The molecular weight excluding hydrogens is 370 g/mol. The summed E-state index contributed by atoms with van der Waals surface area (Å²) >= 11 is 0. The number of nitrogens with one attached hydrogen (secondary N) is 2. The van der Waals surface area contributed by atoms with Crippen LogP contribution in [0.4, 0.5) is 10.6 Å². The zero-order valence-corrected chi connectivity index (χ0v) is 16.6. The predicted molar refractivity (Wildman–Crippen MR) is 111 cm³/mol. The highest BCUT2D eigenvalue weighted by molar-refractivity contribution is 5.74. The number of para-hydroxylation sites is 1. The fraction of sp³-hybridized carbons (Fsp3) is 0.476. The van der Waals surface area contributed by atoms with Crippen molar-refractivity contribution in [3.63, 3.8) is 0 Å². The van der Waals surface area contributed by atoms with Gasteiger partial charge in [0.25, 0.3) is 5.56 Å². The Morgan fingerprint density at radius 1 is 1.21 bits per heavy atom. The Morgan fingerprint density at radius 3 is 2.76 bits per heavy atom. The third-order valence-electron chi connectivity index (χ3n) is 5.58. The standard InChI is InChI=1S/C21H27N5O3/c1-2-25-12-9-22-19(20(25)27)26-10-7-16(8-11-26)23-21(28)24-17-13-15-5-3-4-6-18(15)29-14-17/h3-6,9,12,16-17H,2,7-8,10-11,13-14H2,1H3,(H2,23,24,28)/t17-/m1/s1. The molecule has 2 aromatic rings. The lowest BCUT2D eigenvalue weighted by Gasteiger charge is -2.33. The molecule has 0 aliphatic carbocycles. The highest BCUT2D eigenvalue weighted by atomic mass is 16.5. The Labute approximate surface area is 169 Å². The van der Waals surface area contributed by atoms with Gasteiger partial charge in [0.05, 0.1) is 6.04 Å². The van der Waals surface area contributed by atoms with E-state index >= 15 is 0 Å². The summed E-state index contributed by atoms with van der Waals surface area (Å²) in [6.07, 6.45) is 5.70. The Balaban J connectivity index is 1.27. The molecule has 1 aromatic heterocycles. The van der Waals surface area contributed by atoms with Crippen LogP contribution in [0.5, 0.6) is 5.75 Å². The first-order valence-corrected chi connectivity index (χ1v) is 10.2. The fourth-order valence-electron chi connectivity index (χ4n) is 3.97. The molecule has 2 N–H and O–H groups in total. The summed E-state index contributed by atoms with van der Waals surface area (Å²) in [4.78, 5) is 31.1. The number of carbonyl (C=O) groups is 1. The Hall–Kier alpha value is -3.03. The number of rotatable bonds is 4. The van der Waals surface area contributed by atoms with Crippen molar-refractivity contribution < 1.29 is 9.53 Å². The summed E-state index contributed by atoms with van der Waals surface area (Å²) in [7, 11) is 0. The van der Waals surface area contributed by atoms with Crippen LogP contribution in [-0.4, -0.2) is 47.4 Å². The van der Waals surface area contributed by atoms with Gasteiger partial charge >= 0.3 is 6.03 Å². The monoisotopic (exact) mass is 397 g/mol. The molecule has 1 fully saturated rings. The van der Waals surface area contributed by atoms with E-state index in [9.17, 15) is 9.59 Å². The van der Waals surface area contributed by atoms with Crippen molar-refractivity contribution in [1.82, 2.24) is 20.2 Å². The number of piperidine rings is 1. The van der Waals surface area contributed by atoms with Crippen LogP contribution in [0.2, 0.25) is 0 Å². The molecule has 3 heterocycles. The van der Waals surface area contributed by atoms with Crippen molar-refractivity contribution in [3.05, 3.63) is 52.6 Å². The normalized spacial score (nSPS) is 19.2. The van der Waals surface area contributed by atoms with Crippen molar-refractivity contribution in [2.24, 2.45) is 0 Å². The Bertz CT molecular complexity index is 921. The largest absolute Gasteiger partial charge is 0.491 e. The molecule has 2 amide bonds. The minimum Gasteiger partial charge on any atom is -0.491 e. The number of anilines is 1. The van der Waals surface area contributed by atoms with Gasteiger partial charge in [-0.15, -0.1) is 0 Å². The maximum absolute atomic E-state index is 12.4. The van der Waals surface area contributed by atoms with Crippen molar-refractivity contribution in [3.8, 4) is 5.75 Å². The molecule has 0 spiro atoms. The lowest BCUT2D eigenvalue weighted by atomic mass is 10.0. The number of ether oxygens (including phenoxy) is 1. The second kappa shape index (κ2) is 8.55. The third kappa shape index (κ3) is 4.36. The highest BCUT2D eigenvalue weighted by Gasteiger charge is 2.25. The topological polar surface area (TPSA) is 88.5 Å². The third-order valence-corrected chi connectivity index (χ3v) is 5.58. The molecule has 1 saturated heterocycles. The first kappa shape index (κ1) is 19.3. The molecule has 1 atom stereocenters. The van der Waals surface area contributed by atoms with Gasteiger partial charge in [-0.2, -0.15) is 0 Å². The van der Waals surface area contributed by atoms with E-state index in [1.165, 1.54) is 0 Å². The Kier molecular flexibility index (Phi) is 5.69. The number of hydrogen-bond acceptors (Lipinski definition) is 5. The van der Waals surface area contributed by atoms with Crippen LogP contribution >= 0.6 is 0 Å². The van der Waals surface area contributed by atoms with Crippen LogP contribution in [0.15, 0.2) is 41.5 Å². The maximum Gasteiger partial charge on any atom is 0.315 e. The number of aromatic nitrogens is 2. The molecule has 1 aromatic carbocycles. The van der Waals surface area contributed by atoms with Crippen molar-refractivity contribution >= 4 is 11.8 Å². The summed E-state index contributed by atoms with van der Waals surface area (Å²) < 4.78 is 7.39. The van der Waals surface area contributed by atoms with Crippen LogP contribution in [-0.2, 0) is 13.0 Å². The van der Waals surface area contributed by atoms with Gasteiger partial charge in [0.2, 0.25) is 0 Å². The number of benzene rings is 1. The van der Waals surface area contributed by atoms with E-state index in [0.717, 1.165) is 30.6 Å². The maximum atomic E-state index is 12.4. The van der Waals surface area contributed by atoms with Crippen LogP contribution in [0.25, 0.3) is 0 Å². The minimum atomic E-state index is -0.164. The Morgan fingerprint density at radius 2 is 1.97 bits per heavy atom. The van der Waals surface area contributed by atoms with E-state index < -0.39 is 0 Å². The van der Waals surface area contributed by atoms with Gasteiger partial charge < -0.3 is 24.8 Å². The van der Waals surface area contributed by atoms with Crippen molar-refractivity contribution in [2.45, 2.75) is 44.8 Å². The number of carbonyl (C=O) groups excluding carboxylic acids is 1. The molecule has 2 aliphatic rings. The lowest BCUT2D eigenvalue weighted by Crippen LogP contribution is -2.52. The zero-order chi connectivity index (χ0) is 20.2. The van der Waals surface area contributed by atoms with Crippen LogP contribution in [0, 0.1) is 0 Å². The van der Waals surface area contributed by atoms with Gasteiger partial charge in [-0.25, -0.2) is 9.78 Å². The first-order valence-electron chi connectivity index (χ1n) is 10.2. The number of fused-ring (bicyclic) bond motifs is 1. The summed E-state index contributed by atoms with van der Waals surface area (Å²) in [5.74, 6) is 1.39. The average Bonchev–Trinajstić information content (AvgIpc) is 2.74. The van der Waals surface area contributed by atoms with Crippen LogP contribution in [0.1, 0.15) is 25.3 Å². The van der Waals surface area contributed by atoms with Crippen LogP contribution in [0.3, 0.4) is 0 Å². The van der Waals surface area contributed by atoms with Gasteiger partial charge in [-0.05, 0) is 37.8 Å². The SMILES string of the molecule is CCn1ccnc(N2CCC(NC(=O)N[C@H]3COc4ccccc4C3)CC2)c1=O. The van der Waals surface area contributed by atoms with Crippen molar-refractivity contribution in [2.75, 3.05) is 24.6 Å². The minimum absolute atomic E-state index is 0.0361. The molecule has 0 radical (unpaired) electrons. The molecule has 0 saturated carbocycles. The van der Waals surface area contributed by atoms with Gasteiger partial charge in [-0.1, -0.05) is 18.2 Å². The number of hydrogen-bond donors (Lipinski definition) is 2. The molecule has 8 nitrogen and oxygen atoms in total. The molecule has 2 aliphatic heterocycles. The van der Waals surface area contributed by atoms with Crippen LogP contribution < -0.4 is 25.8 Å². The van der Waals surface area contributed by atoms with E-state index in [0.29, 0.717) is 32.1 Å². The molecule has 154 valence electrons. The van der Waals surface area contributed by atoms with E-state index in [-0.39, 0.29) is 23.7 Å². The van der Waals surface area contributed by atoms with E-state index in [1.54, 1.807) is 17.0 Å². The number of urea groups is 1. The van der Waals surface area contributed by atoms with Gasteiger partial charge in [-0.3, -0.25) is 4.79 Å². The second-order valence-electron chi connectivity index (χ2n) is 7.54. The molecule has 4 rings (SSSR count). The summed E-state index contributed by atoms with van der Waals surface area (Å²) in [5.41, 5.74) is 1.06. The number of amides is 2. The first-order chi connectivity index (χ1) is 14.1. The van der Waals surface area contributed by atoms with Gasteiger partial charge in [0, 0.05) is 38.1 Å². The van der Waals surface area contributed by atoms with E-state index in [4.69, 9.17) is 4.74 Å². The molecule has 8 heteroatoms. The van der Waals surface area contributed by atoms with E-state index in [2.05, 4.69) is 15.6 Å². The smallest absolute Gasteiger partial charge is 0.315 e. The molecule has 29 heavy (non-hydrogen) atoms. The molecule has 0 unspecified atom stereocenters. The summed E-state index contributed by atoms with van der Waals surface area (Å²) in [5, 5.41) is 6.08. The zero-order valence-electron chi connectivity index (χ0n) is 16.6. The van der Waals surface area contributed by atoms with Gasteiger partial charge in [0.1, 0.15) is 12.4 Å². The summed E-state index contributed by atoms with van der Waals surface area (Å²) in [6, 6.07) is 7.80. The lowest BCUT2D eigenvalue weighted by molar-refractivity contribution is 0.210. The average molecular weight is 397 g/mol. The fourth-order valence-corrected chi connectivity index (χ4v) is 3.97. The predicted octanol–water partition coefficient (Wildman–Crippen LogP) is 1.53. The number of nitrogens with zero attached hydrogens (tertiary/aromatic N) is 3. The van der Waals surface area contributed by atoms with Gasteiger partial charge in [0.15, 0.2) is 5.82 Å². The van der Waals surface area contributed by atoms with E-state index in [1.807, 2.05) is 36.1 Å². The quantitative estimate of drug-likeness (QED) is 0.817.